The summed E-state index contributed by atoms with van der Waals surface area (Å²) in [6.07, 6.45) is 1.42. The minimum Gasteiger partial charge on any atom is -0.480 e. The van der Waals surface area contributed by atoms with Crippen molar-refractivity contribution in [2.24, 2.45) is 0 Å². The maximum Gasteiger partial charge on any atom is 0.325 e. The van der Waals surface area contributed by atoms with Crippen LogP contribution in [0.5, 0.6) is 0 Å². The van der Waals surface area contributed by atoms with Crippen molar-refractivity contribution in [3.05, 3.63) is 52.8 Å². The largest absolute Gasteiger partial charge is 0.480 e. The molecule has 0 bridgehead atoms. The Morgan fingerprint density at radius 1 is 1.32 bits per heavy atom. The third-order valence-corrected chi connectivity index (χ3v) is 3.47. The van der Waals surface area contributed by atoms with Crippen LogP contribution in [0.15, 0.2) is 30.5 Å². The van der Waals surface area contributed by atoms with Gasteiger partial charge in [-0.05, 0) is 38.0 Å². The second kappa shape index (κ2) is 6.43. The zero-order valence-corrected chi connectivity index (χ0v) is 12.8. The van der Waals surface area contributed by atoms with Crippen LogP contribution in [0, 0.1) is 13.8 Å². The summed E-state index contributed by atoms with van der Waals surface area (Å²) in [5.74, 6) is -1.38. The highest BCUT2D eigenvalue weighted by atomic mass is 16.4. The van der Waals surface area contributed by atoms with Crippen molar-refractivity contribution >= 4 is 11.9 Å². The van der Waals surface area contributed by atoms with Gasteiger partial charge in [0.15, 0.2) is 0 Å². The molecular formula is C16H19N3O3. The van der Waals surface area contributed by atoms with Crippen molar-refractivity contribution in [3.8, 4) is 0 Å². The molecule has 22 heavy (non-hydrogen) atoms. The van der Waals surface area contributed by atoms with Crippen LogP contribution in [-0.2, 0) is 11.3 Å². The number of nitrogens with zero attached hydrogens (tertiary/aromatic N) is 2. The molecule has 116 valence electrons. The Balaban J connectivity index is 2.14. The molecule has 2 N–H and O–H groups in total. The minimum atomic E-state index is -1.04. The van der Waals surface area contributed by atoms with Crippen LogP contribution in [0.1, 0.15) is 40.1 Å². The summed E-state index contributed by atoms with van der Waals surface area (Å²) in [4.78, 5) is 23.1. The van der Waals surface area contributed by atoms with Crippen molar-refractivity contribution < 1.29 is 14.7 Å². The quantitative estimate of drug-likeness (QED) is 0.885. The number of hydrogen-bond acceptors (Lipinski definition) is 3. The van der Waals surface area contributed by atoms with Crippen molar-refractivity contribution in [1.29, 1.82) is 0 Å². The first-order valence-corrected chi connectivity index (χ1v) is 7.00. The van der Waals surface area contributed by atoms with Gasteiger partial charge in [0, 0.05) is 6.20 Å². The minimum absolute atomic E-state index is 0.179. The first-order valence-electron chi connectivity index (χ1n) is 7.00. The van der Waals surface area contributed by atoms with Crippen molar-refractivity contribution in [2.45, 2.75) is 33.4 Å². The Labute approximate surface area is 128 Å². The molecule has 1 atom stereocenters. The van der Waals surface area contributed by atoms with E-state index in [1.54, 1.807) is 0 Å². The van der Waals surface area contributed by atoms with E-state index in [0.717, 1.165) is 11.1 Å². The number of carboxylic acid groups (broad SMARTS) is 1. The van der Waals surface area contributed by atoms with E-state index in [9.17, 15) is 9.59 Å². The SMILES string of the molecule is Cc1ccc(C(C)NC(=O)c2ccnn2CC(=O)O)c(C)c1. The number of amides is 1. The van der Waals surface area contributed by atoms with Gasteiger partial charge in [0.25, 0.3) is 5.91 Å². The second-order valence-electron chi connectivity index (χ2n) is 5.32. The lowest BCUT2D eigenvalue weighted by Crippen LogP contribution is -2.30. The van der Waals surface area contributed by atoms with E-state index in [4.69, 9.17) is 5.11 Å². The zero-order valence-electron chi connectivity index (χ0n) is 12.8. The van der Waals surface area contributed by atoms with Gasteiger partial charge < -0.3 is 10.4 Å². The lowest BCUT2D eigenvalue weighted by Gasteiger charge is -2.17. The number of carbonyl (C=O) groups is 2. The summed E-state index contributed by atoms with van der Waals surface area (Å²) in [7, 11) is 0. The third kappa shape index (κ3) is 3.52. The number of carboxylic acids is 1. The number of carbonyl (C=O) groups excluding carboxylic acids is 1. The molecule has 0 fully saturated rings. The molecule has 6 heteroatoms. The third-order valence-electron chi connectivity index (χ3n) is 3.47. The van der Waals surface area contributed by atoms with Gasteiger partial charge in [-0.3, -0.25) is 9.59 Å². The van der Waals surface area contributed by atoms with Crippen LogP contribution in [-0.4, -0.2) is 26.8 Å². The number of rotatable bonds is 5. The number of hydrogen-bond donors (Lipinski definition) is 2. The topological polar surface area (TPSA) is 84.2 Å². The van der Waals surface area contributed by atoms with Crippen LogP contribution in [0.4, 0.5) is 0 Å². The molecule has 1 aromatic heterocycles. The van der Waals surface area contributed by atoms with E-state index >= 15 is 0 Å². The Kier molecular flexibility index (Phi) is 4.60. The molecule has 0 aliphatic heterocycles. The van der Waals surface area contributed by atoms with Gasteiger partial charge in [-0.15, -0.1) is 0 Å². The van der Waals surface area contributed by atoms with E-state index in [2.05, 4.69) is 16.5 Å². The summed E-state index contributed by atoms with van der Waals surface area (Å²) in [5.41, 5.74) is 3.54. The van der Waals surface area contributed by atoms with Gasteiger partial charge in [-0.2, -0.15) is 5.10 Å². The predicted molar refractivity (Wildman–Crippen MR) is 81.7 cm³/mol. The van der Waals surface area contributed by atoms with Crippen LogP contribution in [0.25, 0.3) is 0 Å². The van der Waals surface area contributed by atoms with E-state index < -0.39 is 5.97 Å². The van der Waals surface area contributed by atoms with Gasteiger partial charge in [-0.25, -0.2) is 4.68 Å². The summed E-state index contributed by atoms with van der Waals surface area (Å²) in [6.45, 7) is 5.57. The summed E-state index contributed by atoms with van der Waals surface area (Å²) >= 11 is 0. The smallest absolute Gasteiger partial charge is 0.325 e. The second-order valence-corrected chi connectivity index (χ2v) is 5.32. The van der Waals surface area contributed by atoms with E-state index in [1.807, 2.05) is 32.9 Å². The summed E-state index contributed by atoms with van der Waals surface area (Å²) in [5, 5.41) is 15.6. The fraction of sp³-hybridized carbons (Fsp3) is 0.312. The average molecular weight is 301 g/mol. The fourth-order valence-corrected chi connectivity index (χ4v) is 2.44. The highest BCUT2D eigenvalue weighted by Gasteiger charge is 2.17. The first kappa shape index (κ1) is 15.8. The summed E-state index contributed by atoms with van der Waals surface area (Å²) < 4.78 is 1.17. The first-order chi connectivity index (χ1) is 10.4. The zero-order chi connectivity index (χ0) is 16.3. The molecule has 2 rings (SSSR count). The van der Waals surface area contributed by atoms with Gasteiger partial charge in [0.2, 0.25) is 0 Å². The maximum absolute atomic E-state index is 12.3. The molecule has 0 saturated heterocycles. The number of nitrogens with one attached hydrogen (secondary N) is 1. The Bertz CT molecular complexity index is 706. The van der Waals surface area contributed by atoms with Crippen molar-refractivity contribution in [2.75, 3.05) is 0 Å². The van der Waals surface area contributed by atoms with Crippen LogP contribution < -0.4 is 5.32 Å². The lowest BCUT2D eigenvalue weighted by molar-refractivity contribution is -0.137. The Morgan fingerprint density at radius 2 is 2.05 bits per heavy atom. The van der Waals surface area contributed by atoms with Gasteiger partial charge >= 0.3 is 5.97 Å². The average Bonchev–Trinajstić information content (AvgIpc) is 2.85. The van der Waals surface area contributed by atoms with E-state index in [0.29, 0.717) is 0 Å². The molecule has 1 unspecified atom stereocenters. The standard InChI is InChI=1S/C16H19N3O3/c1-10-4-5-13(11(2)8-10)12(3)18-16(22)14-6-7-17-19(14)9-15(20)21/h4-8,12H,9H2,1-3H3,(H,18,22)(H,20,21). The van der Waals surface area contributed by atoms with Gasteiger partial charge in [-0.1, -0.05) is 23.8 Å². The number of aliphatic carboxylic acids is 1. The van der Waals surface area contributed by atoms with E-state index in [1.165, 1.54) is 22.5 Å². The summed E-state index contributed by atoms with van der Waals surface area (Å²) in [6, 6.07) is 7.38. The molecule has 6 nitrogen and oxygen atoms in total. The molecule has 0 spiro atoms. The van der Waals surface area contributed by atoms with Crippen LogP contribution in [0.3, 0.4) is 0 Å². The van der Waals surface area contributed by atoms with Crippen LogP contribution in [0.2, 0.25) is 0 Å². The lowest BCUT2D eigenvalue weighted by atomic mass is 10.0. The predicted octanol–water partition coefficient (Wildman–Crippen LogP) is 2.08. The molecule has 0 saturated carbocycles. The highest BCUT2D eigenvalue weighted by molar-refractivity contribution is 5.93. The fourth-order valence-electron chi connectivity index (χ4n) is 2.44. The monoisotopic (exact) mass is 301 g/mol. The van der Waals surface area contributed by atoms with Crippen molar-refractivity contribution in [1.82, 2.24) is 15.1 Å². The normalized spacial score (nSPS) is 12.0. The van der Waals surface area contributed by atoms with E-state index in [-0.39, 0.29) is 24.2 Å². The number of aromatic nitrogens is 2. The highest BCUT2D eigenvalue weighted by Crippen LogP contribution is 2.19. The van der Waals surface area contributed by atoms with Gasteiger partial charge in [0.1, 0.15) is 12.2 Å². The molecule has 0 aliphatic carbocycles. The van der Waals surface area contributed by atoms with Crippen molar-refractivity contribution in [3.63, 3.8) is 0 Å². The Morgan fingerprint density at radius 3 is 2.68 bits per heavy atom. The molecule has 2 aromatic rings. The van der Waals surface area contributed by atoms with Gasteiger partial charge in [0.05, 0.1) is 6.04 Å². The molecule has 0 aliphatic rings. The molecular weight excluding hydrogens is 282 g/mol. The number of aryl methyl sites for hydroxylation is 2. The molecule has 1 aromatic carbocycles. The molecule has 0 radical (unpaired) electrons. The number of benzene rings is 1. The van der Waals surface area contributed by atoms with Crippen LogP contribution >= 0.6 is 0 Å². The maximum atomic E-state index is 12.3. The molecule has 1 heterocycles. The molecule has 1 amide bonds. The Hall–Kier alpha value is -2.63.